The van der Waals surface area contributed by atoms with Crippen LogP contribution in [0.3, 0.4) is 0 Å². The van der Waals surface area contributed by atoms with Gasteiger partial charge in [0, 0.05) is 41.5 Å². The van der Waals surface area contributed by atoms with Crippen LogP contribution in [0.4, 0.5) is 0 Å². The molecule has 2 spiro atoms. The van der Waals surface area contributed by atoms with Crippen molar-refractivity contribution in [3.8, 4) is 0 Å². The Hall–Kier alpha value is -3.33. The van der Waals surface area contributed by atoms with E-state index in [2.05, 4.69) is 49.1 Å². The van der Waals surface area contributed by atoms with Crippen LogP contribution in [0.5, 0.6) is 0 Å². The van der Waals surface area contributed by atoms with Crippen LogP contribution in [0, 0.1) is 33.5 Å². The second-order valence-electron chi connectivity index (χ2n) is 16.9. The number of allylic oxidation sites excluding steroid dienone is 4. The van der Waals surface area contributed by atoms with Crippen molar-refractivity contribution in [3.05, 3.63) is 120 Å². The van der Waals surface area contributed by atoms with E-state index in [0.29, 0.717) is 44.8 Å². The summed E-state index contributed by atoms with van der Waals surface area (Å²) in [5.41, 5.74) is 0.427. The summed E-state index contributed by atoms with van der Waals surface area (Å²) in [5, 5.41) is 35.3. The van der Waals surface area contributed by atoms with Crippen molar-refractivity contribution in [2.45, 2.75) is 89.8 Å². The SMILES string of the molecule is C[C@]12CC[C@H]3[C@]4(C=C[C@@]5(C=C4C(=O)c4ccco4)CC(O)CC[C@]35C)[C@@H]1CC[C@@]2(O)CN(Cc1ccccc1)C[C@@H](O)COCc1ccccc1. The Morgan fingerprint density at radius 1 is 0.902 bits per heavy atom. The molecule has 3 fully saturated rings. The van der Waals surface area contributed by atoms with Crippen LogP contribution in [0.25, 0.3) is 0 Å². The van der Waals surface area contributed by atoms with Gasteiger partial charge in [-0.1, -0.05) is 92.7 Å². The van der Waals surface area contributed by atoms with Gasteiger partial charge < -0.3 is 24.5 Å². The third-order valence-electron chi connectivity index (χ3n) is 14.3. The highest BCUT2D eigenvalue weighted by Gasteiger charge is 2.74. The third-order valence-corrected chi connectivity index (χ3v) is 14.3. The lowest BCUT2D eigenvalue weighted by molar-refractivity contribution is -0.177. The predicted molar refractivity (Wildman–Crippen MR) is 195 cm³/mol. The number of hydrogen-bond acceptors (Lipinski definition) is 7. The summed E-state index contributed by atoms with van der Waals surface area (Å²) in [5.74, 6) is 0.531. The van der Waals surface area contributed by atoms with Crippen LogP contribution < -0.4 is 0 Å². The molecule has 0 aliphatic heterocycles. The molecule has 1 aromatic heterocycles. The monoisotopic (exact) mass is 691 g/mol. The van der Waals surface area contributed by atoms with Crippen molar-refractivity contribution in [1.29, 1.82) is 0 Å². The smallest absolute Gasteiger partial charge is 0.224 e. The topological polar surface area (TPSA) is 103 Å². The first-order valence-electron chi connectivity index (χ1n) is 19.0. The Kier molecular flexibility index (Phi) is 8.83. The Labute approximate surface area is 302 Å². The molecule has 2 bridgehead atoms. The fraction of sp³-hybridized carbons (Fsp3) is 0.523. The molecule has 3 saturated carbocycles. The molecular formula is C44H53NO6. The van der Waals surface area contributed by atoms with Crippen LogP contribution in [0.15, 0.2) is 107 Å². The lowest BCUT2D eigenvalue weighted by Gasteiger charge is -2.71. The van der Waals surface area contributed by atoms with Gasteiger partial charge in [0.2, 0.25) is 5.78 Å². The zero-order valence-electron chi connectivity index (χ0n) is 30.0. The summed E-state index contributed by atoms with van der Waals surface area (Å²) in [6.07, 6.45) is 12.8. The first-order valence-corrected chi connectivity index (χ1v) is 19.0. The number of aliphatic hydroxyl groups is 3. The van der Waals surface area contributed by atoms with E-state index in [4.69, 9.17) is 9.15 Å². The summed E-state index contributed by atoms with van der Waals surface area (Å²) in [4.78, 5) is 16.7. The van der Waals surface area contributed by atoms with E-state index < -0.39 is 28.6 Å². The minimum atomic E-state index is -1.04. The molecule has 3 aromatic rings. The largest absolute Gasteiger partial charge is 0.461 e. The minimum Gasteiger partial charge on any atom is -0.461 e. The fourth-order valence-electron chi connectivity index (χ4n) is 11.8. The van der Waals surface area contributed by atoms with Gasteiger partial charge in [0.1, 0.15) is 0 Å². The number of fused-ring (bicyclic) bond motifs is 1. The van der Waals surface area contributed by atoms with E-state index in [9.17, 15) is 20.1 Å². The molecule has 9 rings (SSSR count). The summed E-state index contributed by atoms with van der Waals surface area (Å²) in [6.45, 7) is 6.67. The van der Waals surface area contributed by atoms with Crippen molar-refractivity contribution in [2.24, 2.45) is 33.5 Å². The molecular weight excluding hydrogens is 638 g/mol. The number of carbonyl (C=O) groups is 1. The molecule has 6 aliphatic rings. The van der Waals surface area contributed by atoms with Gasteiger partial charge in [-0.05, 0) is 85.5 Å². The highest BCUT2D eigenvalue weighted by Crippen LogP contribution is 2.78. The summed E-state index contributed by atoms with van der Waals surface area (Å²) in [6, 6.07) is 23.8. The average molecular weight is 692 g/mol. The molecule has 2 aromatic carbocycles. The van der Waals surface area contributed by atoms with Gasteiger partial charge in [-0.25, -0.2) is 0 Å². The molecule has 7 heteroatoms. The molecule has 9 atom stereocenters. The summed E-state index contributed by atoms with van der Waals surface area (Å²) < 4.78 is 11.7. The molecule has 1 heterocycles. The first-order chi connectivity index (χ1) is 24.5. The van der Waals surface area contributed by atoms with Crippen molar-refractivity contribution >= 4 is 5.78 Å². The molecule has 7 nitrogen and oxygen atoms in total. The normalized spacial score (nSPS) is 37.1. The Morgan fingerprint density at radius 3 is 2.31 bits per heavy atom. The number of furan rings is 1. The van der Waals surface area contributed by atoms with E-state index in [1.54, 1.807) is 18.4 Å². The van der Waals surface area contributed by atoms with E-state index in [-0.39, 0.29) is 35.1 Å². The lowest BCUT2D eigenvalue weighted by atomic mass is 9.32. The second-order valence-corrected chi connectivity index (χ2v) is 16.9. The van der Waals surface area contributed by atoms with Crippen LogP contribution in [-0.2, 0) is 17.9 Å². The van der Waals surface area contributed by atoms with Crippen molar-refractivity contribution in [2.75, 3.05) is 19.7 Å². The van der Waals surface area contributed by atoms with E-state index in [0.717, 1.165) is 48.8 Å². The van der Waals surface area contributed by atoms with Crippen LogP contribution in [0.1, 0.15) is 80.5 Å². The number of benzene rings is 2. The van der Waals surface area contributed by atoms with Gasteiger partial charge in [0.15, 0.2) is 5.76 Å². The van der Waals surface area contributed by atoms with Gasteiger partial charge in [0.25, 0.3) is 0 Å². The zero-order chi connectivity index (χ0) is 35.5. The Bertz CT molecular complexity index is 1770. The number of ketones is 1. The molecule has 0 radical (unpaired) electrons. The van der Waals surface area contributed by atoms with Crippen molar-refractivity contribution in [1.82, 2.24) is 4.90 Å². The second kappa shape index (κ2) is 13.0. The zero-order valence-corrected chi connectivity index (χ0v) is 30.0. The fourth-order valence-corrected chi connectivity index (χ4v) is 11.8. The molecule has 1 unspecified atom stereocenters. The number of Topliss-reactive ketones (excluding diaryl/α,β-unsaturated/α-hetero) is 1. The quantitative estimate of drug-likeness (QED) is 0.137. The van der Waals surface area contributed by atoms with Gasteiger partial charge in [-0.3, -0.25) is 9.69 Å². The number of ether oxygens (including phenoxy) is 1. The number of aliphatic hydroxyl groups excluding tert-OH is 2. The third kappa shape index (κ3) is 5.54. The maximum atomic E-state index is 14.5. The molecule has 3 N–H and O–H groups in total. The van der Waals surface area contributed by atoms with Crippen molar-refractivity contribution < 1.29 is 29.3 Å². The number of nitrogens with zero attached hydrogens (tertiary/aromatic N) is 1. The summed E-state index contributed by atoms with van der Waals surface area (Å²) in [7, 11) is 0. The first kappa shape index (κ1) is 34.7. The molecule has 0 amide bonds. The average Bonchev–Trinajstić information content (AvgIpc) is 3.75. The predicted octanol–water partition coefficient (Wildman–Crippen LogP) is 7.13. The van der Waals surface area contributed by atoms with E-state index >= 15 is 0 Å². The maximum absolute atomic E-state index is 14.5. The summed E-state index contributed by atoms with van der Waals surface area (Å²) >= 11 is 0. The lowest BCUT2D eigenvalue weighted by Crippen LogP contribution is -2.67. The maximum Gasteiger partial charge on any atom is 0.224 e. The number of carbonyl (C=O) groups excluding carboxylic acids is 1. The molecule has 270 valence electrons. The standard InChI is InChI=1S/C44H53NO6/c1-40-18-15-33(46)24-42(40)21-22-44(35(25-42)39(48)36-14-9-23-51-36)37(40)16-19-41(2)38(44)17-20-43(41,49)30-45(26-31-10-5-3-6-11-31)27-34(47)29-50-28-32-12-7-4-8-13-32/h3-14,21-23,25,33-34,37-38,46-47,49H,15-20,24,26-30H2,1-2H3/t33?,34-,37-,38-,40-,41+,42+,43-,44-/m1/s1. The van der Waals surface area contributed by atoms with E-state index in [1.807, 2.05) is 48.5 Å². The van der Waals surface area contributed by atoms with Crippen LogP contribution >= 0.6 is 0 Å². The van der Waals surface area contributed by atoms with Crippen LogP contribution in [-0.4, -0.2) is 63.5 Å². The number of hydrogen-bond donors (Lipinski definition) is 3. The molecule has 0 saturated heterocycles. The van der Waals surface area contributed by atoms with Crippen molar-refractivity contribution in [3.63, 3.8) is 0 Å². The highest BCUT2D eigenvalue weighted by molar-refractivity contribution is 6.08. The van der Waals surface area contributed by atoms with E-state index in [1.165, 1.54) is 0 Å². The Morgan fingerprint density at radius 2 is 1.59 bits per heavy atom. The highest BCUT2D eigenvalue weighted by atomic mass is 16.5. The minimum absolute atomic E-state index is 0.0369. The molecule has 6 aliphatic carbocycles. The Balaban J connectivity index is 1.10. The molecule has 51 heavy (non-hydrogen) atoms. The number of rotatable bonds is 12. The van der Waals surface area contributed by atoms with Gasteiger partial charge >= 0.3 is 0 Å². The van der Waals surface area contributed by atoms with Crippen LogP contribution in [0.2, 0.25) is 0 Å². The van der Waals surface area contributed by atoms with Gasteiger partial charge in [-0.15, -0.1) is 0 Å². The van der Waals surface area contributed by atoms with Gasteiger partial charge in [0.05, 0.1) is 37.3 Å². The van der Waals surface area contributed by atoms with Gasteiger partial charge in [-0.2, -0.15) is 0 Å².